The largest absolute Gasteiger partial charge is 0.273 e. The topological polar surface area (TPSA) is 87.6 Å². The number of benzene rings is 3. The molecule has 0 saturated carbocycles. The maximum Gasteiger partial charge on any atom is 0.242 e. The van der Waals surface area contributed by atoms with Crippen LogP contribution in [-0.4, -0.2) is 20.5 Å². The molecule has 0 heterocycles. The Bertz CT molecular complexity index is 1190. The van der Waals surface area contributed by atoms with Gasteiger partial charge in [-0.25, -0.2) is 18.6 Å². The van der Waals surface area contributed by atoms with Gasteiger partial charge < -0.3 is 0 Å². The van der Waals surface area contributed by atoms with Crippen LogP contribution in [0.2, 0.25) is 0 Å². The predicted molar refractivity (Wildman–Crippen MR) is 132 cm³/mol. The molecule has 1 amide bonds. The third-order valence-electron chi connectivity index (χ3n) is 5.23. The Labute approximate surface area is 195 Å². The second kappa shape index (κ2) is 11.0. The van der Waals surface area contributed by atoms with E-state index in [0.717, 1.165) is 11.1 Å². The lowest BCUT2D eigenvalue weighted by Gasteiger charge is -2.18. The number of nitrogens with zero attached hydrogens (tertiary/aromatic N) is 1. The first-order valence-electron chi connectivity index (χ1n) is 10.8. The van der Waals surface area contributed by atoms with Gasteiger partial charge in [-0.2, -0.15) is 5.10 Å². The van der Waals surface area contributed by atoms with Crippen LogP contribution in [0.3, 0.4) is 0 Å². The third kappa shape index (κ3) is 7.10. The lowest BCUT2D eigenvalue weighted by atomic mass is 10.0. The second-order valence-corrected chi connectivity index (χ2v) is 9.93. The summed E-state index contributed by atoms with van der Waals surface area (Å²) in [4.78, 5) is 12.7. The molecule has 3 aromatic rings. The van der Waals surface area contributed by atoms with Crippen molar-refractivity contribution in [3.63, 3.8) is 0 Å². The SMILES string of the molecule is Cc1ccc(S(=O)(=O)N[C@H](CC(=O)N/N=C\c2ccc(C(C)C)cc2)c2ccccc2)cc1. The van der Waals surface area contributed by atoms with Crippen LogP contribution in [0.15, 0.2) is 88.9 Å². The zero-order chi connectivity index (χ0) is 23.8. The van der Waals surface area contributed by atoms with Gasteiger partial charge in [0.2, 0.25) is 15.9 Å². The van der Waals surface area contributed by atoms with Crippen molar-refractivity contribution in [3.05, 3.63) is 101 Å². The molecule has 172 valence electrons. The molecule has 7 heteroatoms. The monoisotopic (exact) mass is 463 g/mol. The van der Waals surface area contributed by atoms with Crippen molar-refractivity contribution in [2.75, 3.05) is 0 Å². The molecule has 1 atom stereocenters. The van der Waals surface area contributed by atoms with E-state index in [-0.39, 0.29) is 11.3 Å². The molecule has 0 radical (unpaired) electrons. The molecule has 33 heavy (non-hydrogen) atoms. The van der Waals surface area contributed by atoms with Gasteiger partial charge in [-0.05, 0) is 41.7 Å². The number of hydrazone groups is 1. The van der Waals surface area contributed by atoms with Gasteiger partial charge in [-0.3, -0.25) is 4.79 Å². The fraction of sp³-hybridized carbons (Fsp3) is 0.231. The van der Waals surface area contributed by atoms with Gasteiger partial charge in [0.05, 0.1) is 17.2 Å². The van der Waals surface area contributed by atoms with E-state index in [4.69, 9.17) is 0 Å². The van der Waals surface area contributed by atoms with Gasteiger partial charge in [0.25, 0.3) is 0 Å². The van der Waals surface area contributed by atoms with E-state index in [0.29, 0.717) is 11.5 Å². The molecule has 0 aliphatic carbocycles. The fourth-order valence-corrected chi connectivity index (χ4v) is 4.49. The van der Waals surface area contributed by atoms with Gasteiger partial charge in [0, 0.05) is 6.42 Å². The number of rotatable bonds is 9. The Morgan fingerprint density at radius 2 is 1.55 bits per heavy atom. The highest BCUT2D eigenvalue weighted by molar-refractivity contribution is 7.89. The summed E-state index contributed by atoms with van der Waals surface area (Å²) in [6.07, 6.45) is 1.47. The van der Waals surface area contributed by atoms with Gasteiger partial charge in [-0.15, -0.1) is 0 Å². The highest BCUT2D eigenvalue weighted by Gasteiger charge is 2.23. The van der Waals surface area contributed by atoms with Gasteiger partial charge in [-0.1, -0.05) is 86.1 Å². The number of nitrogens with one attached hydrogen (secondary N) is 2. The molecule has 2 N–H and O–H groups in total. The lowest BCUT2D eigenvalue weighted by molar-refractivity contribution is -0.121. The normalized spacial score (nSPS) is 12.7. The average molecular weight is 464 g/mol. The Morgan fingerprint density at radius 3 is 2.15 bits per heavy atom. The van der Waals surface area contributed by atoms with Crippen molar-refractivity contribution < 1.29 is 13.2 Å². The Balaban J connectivity index is 1.70. The standard InChI is InChI=1S/C26H29N3O3S/c1-19(2)22-13-11-21(12-14-22)18-27-28-26(30)17-25(23-7-5-4-6-8-23)29-33(31,32)24-15-9-20(3)10-16-24/h4-16,18-19,25,29H,17H2,1-3H3,(H,28,30)/b27-18-/t25-/m1/s1. The quantitative estimate of drug-likeness (QED) is 0.357. The van der Waals surface area contributed by atoms with E-state index in [2.05, 4.69) is 29.1 Å². The number of hydrogen-bond acceptors (Lipinski definition) is 4. The van der Waals surface area contributed by atoms with Crippen LogP contribution in [0.1, 0.15) is 54.5 Å². The molecule has 0 aliphatic heterocycles. The molecule has 0 aromatic heterocycles. The van der Waals surface area contributed by atoms with Gasteiger partial charge in [0.1, 0.15) is 0 Å². The summed E-state index contributed by atoms with van der Waals surface area (Å²) >= 11 is 0. The summed E-state index contributed by atoms with van der Waals surface area (Å²) in [7, 11) is -3.81. The Kier molecular flexibility index (Phi) is 8.14. The van der Waals surface area contributed by atoms with E-state index < -0.39 is 22.0 Å². The molecule has 6 nitrogen and oxygen atoms in total. The molecule has 0 aliphatic rings. The molecule has 0 bridgehead atoms. The second-order valence-electron chi connectivity index (χ2n) is 8.22. The summed E-state index contributed by atoms with van der Waals surface area (Å²) < 4.78 is 28.5. The van der Waals surface area contributed by atoms with Gasteiger partial charge >= 0.3 is 0 Å². The van der Waals surface area contributed by atoms with Crippen molar-refractivity contribution in [1.82, 2.24) is 10.1 Å². The minimum absolute atomic E-state index is 0.0985. The summed E-state index contributed by atoms with van der Waals surface area (Å²) in [5.41, 5.74) is 6.24. The summed E-state index contributed by atoms with van der Waals surface area (Å²) in [5.74, 6) is 0.0415. The number of amides is 1. The fourth-order valence-electron chi connectivity index (χ4n) is 3.26. The number of hydrogen-bond donors (Lipinski definition) is 2. The number of aryl methyl sites for hydroxylation is 1. The first kappa shape index (κ1) is 24.4. The smallest absolute Gasteiger partial charge is 0.242 e. The van der Waals surface area contributed by atoms with Crippen molar-refractivity contribution in [1.29, 1.82) is 0 Å². The van der Waals surface area contributed by atoms with E-state index in [1.54, 1.807) is 54.7 Å². The van der Waals surface area contributed by atoms with E-state index in [9.17, 15) is 13.2 Å². The molecule has 3 rings (SSSR count). The zero-order valence-corrected chi connectivity index (χ0v) is 19.8. The Morgan fingerprint density at radius 1 is 0.909 bits per heavy atom. The van der Waals surface area contributed by atoms with Crippen LogP contribution in [0.25, 0.3) is 0 Å². The molecule has 0 unspecified atom stereocenters. The molecular weight excluding hydrogens is 434 g/mol. The minimum Gasteiger partial charge on any atom is -0.273 e. The first-order valence-corrected chi connectivity index (χ1v) is 12.3. The molecular formula is C26H29N3O3S. The van der Waals surface area contributed by atoms with Gasteiger partial charge in [0.15, 0.2) is 0 Å². The van der Waals surface area contributed by atoms with E-state index in [1.807, 2.05) is 37.3 Å². The summed E-state index contributed by atoms with van der Waals surface area (Å²) in [5, 5.41) is 4.03. The number of carbonyl (C=O) groups excluding carboxylic acids is 1. The van der Waals surface area contributed by atoms with Crippen LogP contribution in [-0.2, 0) is 14.8 Å². The first-order chi connectivity index (χ1) is 15.7. The average Bonchev–Trinajstić information content (AvgIpc) is 2.80. The minimum atomic E-state index is -3.81. The highest BCUT2D eigenvalue weighted by Crippen LogP contribution is 2.21. The highest BCUT2D eigenvalue weighted by atomic mass is 32.2. The summed E-state index contributed by atoms with van der Waals surface area (Å²) in [6, 6.07) is 22.8. The Hall–Kier alpha value is -3.29. The van der Waals surface area contributed by atoms with Crippen molar-refractivity contribution >= 4 is 22.1 Å². The number of sulfonamides is 1. The van der Waals surface area contributed by atoms with Crippen molar-refractivity contribution in [2.24, 2.45) is 5.10 Å². The zero-order valence-electron chi connectivity index (χ0n) is 19.0. The number of carbonyl (C=O) groups is 1. The van der Waals surface area contributed by atoms with Crippen molar-refractivity contribution in [3.8, 4) is 0 Å². The van der Waals surface area contributed by atoms with E-state index in [1.165, 1.54) is 5.56 Å². The maximum absolute atomic E-state index is 12.9. The van der Waals surface area contributed by atoms with Crippen LogP contribution < -0.4 is 10.1 Å². The van der Waals surface area contributed by atoms with Crippen LogP contribution in [0.5, 0.6) is 0 Å². The lowest BCUT2D eigenvalue weighted by Crippen LogP contribution is -2.32. The molecule has 3 aromatic carbocycles. The van der Waals surface area contributed by atoms with E-state index >= 15 is 0 Å². The van der Waals surface area contributed by atoms with Crippen LogP contribution >= 0.6 is 0 Å². The van der Waals surface area contributed by atoms with Crippen LogP contribution in [0, 0.1) is 6.92 Å². The summed E-state index contributed by atoms with van der Waals surface area (Å²) in [6.45, 7) is 6.14. The molecule has 0 fully saturated rings. The van der Waals surface area contributed by atoms with Crippen molar-refractivity contribution in [2.45, 2.75) is 44.0 Å². The molecule has 0 saturated heterocycles. The third-order valence-corrected chi connectivity index (χ3v) is 6.71. The maximum atomic E-state index is 12.9. The molecule has 0 spiro atoms. The van der Waals surface area contributed by atoms with Crippen LogP contribution in [0.4, 0.5) is 0 Å². The predicted octanol–water partition coefficient (Wildman–Crippen LogP) is 4.68.